The Kier molecular flexibility index (Phi) is 3.26. The minimum Gasteiger partial charge on any atom is -0.385 e. The molecule has 1 atom stereocenters. The van der Waals surface area contributed by atoms with E-state index >= 15 is 0 Å². The maximum atomic E-state index is 9.47. The molecule has 0 spiro atoms. The van der Waals surface area contributed by atoms with Gasteiger partial charge in [0.15, 0.2) is 0 Å². The first-order chi connectivity index (χ1) is 7.82. The fourth-order valence-corrected chi connectivity index (χ4v) is 2.64. The first-order valence-electron chi connectivity index (χ1n) is 5.81. The highest BCUT2D eigenvalue weighted by atomic mass is 16.5. The van der Waals surface area contributed by atoms with E-state index in [1.54, 1.807) is 7.11 Å². The standard InChI is InChI=1S/C14H17NO/c1-16-10-4-8-14(11-15)9-7-12-5-2-3-6-13(12)14/h2-3,5-6H,4,7-10H2,1H3. The number of benzene rings is 1. The van der Waals surface area contributed by atoms with E-state index < -0.39 is 0 Å². The summed E-state index contributed by atoms with van der Waals surface area (Å²) >= 11 is 0. The van der Waals surface area contributed by atoms with Gasteiger partial charge in [-0.25, -0.2) is 0 Å². The van der Waals surface area contributed by atoms with Crippen LogP contribution < -0.4 is 0 Å². The summed E-state index contributed by atoms with van der Waals surface area (Å²) in [6.45, 7) is 0.742. The predicted molar refractivity (Wildman–Crippen MR) is 63.2 cm³/mol. The molecule has 1 aromatic carbocycles. The third-order valence-electron chi connectivity index (χ3n) is 3.52. The second kappa shape index (κ2) is 4.67. The number of hydrogen-bond acceptors (Lipinski definition) is 2. The van der Waals surface area contributed by atoms with E-state index in [-0.39, 0.29) is 5.41 Å². The number of rotatable bonds is 4. The fraction of sp³-hybridized carbons (Fsp3) is 0.500. The SMILES string of the molecule is COCCCC1(C#N)CCc2ccccc21. The van der Waals surface area contributed by atoms with Gasteiger partial charge in [0.05, 0.1) is 11.5 Å². The second-order valence-corrected chi connectivity index (χ2v) is 4.45. The third-order valence-corrected chi connectivity index (χ3v) is 3.52. The maximum absolute atomic E-state index is 9.47. The minimum atomic E-state index is -0.255. The van der Waals surface area contributed by atoms with Crippen molar-refractivity contribution in [1.29, 1.82) is 5.26 Å². The average molecular weight is 215 g/mol. The highest BCUT2D eigenvalue weighted by molar-refractivity contribution is 5.43. The molecule has 0 amide bonds. The lowest BCUT2D eigenvalue weighted by molar-refractivity contribution is 0.187. The second-order valence-electron chi connectivity index (χ2n) is 4.45. The maximum Gasteiger partial charge on any atom is 0.0829 e. The number of hydrogen-bond donors (Lipinski definition) is 0. The van der Waals surface area contributed by atoms with Gasteiger partial charge in [-0.05, 0) is 36.8 Å². The molecular formula is C14H17NO. The molecule has 2 nitrogen and oxygen atoms in total. The molecule has 1 aliphatic carbocycles. The summed E-state index contributed by atoms with van der Waals surface area (Å²) in [4.78, 5) is 0. The number of fused-ring (bicyclic) bond motifs is 1. The number of aryl methyl sites for hydroxylation is 1. The smallest absolute Gasteiger partial charge is 0.0829 e. The van der Waals surface area contributed by atoms with Crippen LogP contribution in [0.4, 0.5) is 0 Å². The molecular weight excluding hydrogens is 198 g/mol. The summed E-state index contributed by atoms with van der Waals surface area (Å²) in [6, 6.07) is 10.9. The van der Waals surface area contributed by atoms with Crippen molar-refractivity contribution >= 4 is 0 Å². The number of ether oxygens (including phenoxy) is 1. The van der Waals surface area contributed by atoms with E-state index in [1.165, 1.54) is 11.1 Å². The van der Waals surface area contributed by atoms with Crippen LogP contribution in [0.25, 0.3) is 0 Å². The average Bonchev–Trinajstić information content (AvgIpc) is 2.70. The van der Waals surface area contributed by atoms with Crippen molar-refractivity contribution in [2.75, 3.05) is 13.7 Å². The molecule has 0 saturated carbocycles. The van der Waals surface area contributed by atoms with Crippen LogP contribution in [0, 0.1) is 11.3 Å². The molecule has 2 heteroatoms. The molecule has 1 aliphatic rings. The van der Waals surface area contributed by atoms with Crippen molar-refractivity contribution in [3.05, 3.63) is 35.4 Å². The first kappa shape index (κ1) is 11.2. The van der Waals surface area contributed by atoms with Gasteiger partial charge in [-0.15, -0.1) is 0 Å². The summed E-state index contributed by atoms with van der Waals surface area (Å²) < 4.78 is 5.07. The summed E-state index contributed by atoms with van der Waals surface area (Å²) in [5.74, 6) is 0. The highest BCUT2D eigenvalue weighted by Gasteiger charge is 2.37. The molecule has 0 N–H and O–H groups in total. The van der Waals surface area contributed by atoms with Crippen LogP contribution in [-0.2, 0) is 16.6 Å². The van der Waals surface area contributed by atoms with Gasteiger partial charge in [0.25, 0.3) is 0 Å². The van der Waals surface area contributed by atoms with Gasteiger partial charge in [-0.1, -0.05) is 24.3 Å². The van der Waals surface area contributed by atoms with Crippen LogP contribution in [-0.4, -0.2) is 13.7 Å². The van der Waals surface area contributed by atoms with Gasteiger partial charge in [-0.2, -0.15) is 5.26 Å². The minimum absolute atomic E-state index is 0.255. The van der Waals surface area contributed by atoms with Gasteiger partial charge in [0, 0.05) is 13.7 Å². The molecule has 0 aliphatic heterocycles. The topological polar surface area (TPSA) is 33.0 Å². The summed E-state index contributed by atoms with van der Waals surface area (Å²) in [5, 5.41) is 9.47. The van der Waals surface area contributed by atoms with Crippen molar-refractivity contribution in [3.63, 3.8) is 0 Å². The Morgan fingerprint density at radius 3 is 3.00 bits per heavy atom. The van der Waals surface area contributed by atoms with E-state index in [9.17, 15) is 5.26 Å². The zero-order chi connectivity index (χ0) is 11.4. The molecule has 0 fully saturated rings. The van der Waals surface area contributed by atoms with E-state index in [0.29, 0.717) is 0 Å². The Morgan fingerprint density at radius 1 is 1.44 bits per heavy atom. The Labute approximate surface area is 96.9 Å². The largest absolute Gasteiger partial charge is 0.385 e. The third kappa shape index (κ3) is 1.83. The van der Waals surface area contributed by atoms with Crippen molar-refractivity contribution in [1.82, 2.24) is 0 Å². The summed E-state index contributed by atoms with van der Waals surface area (Å²) in [5.41, 5.74) is 2.34. The fourth-order valence-electron chi connectivity index (χ4n) is 2.64. The van der Waals surface area contributed by atoms with Crippen molar-refractivity contribution < 1.29 is 4.74 Å². The molecule has 0 aromatic heterocycles. The lowest BCUT2D eigenvalue weighted by Crippen LogP contribution is -2.21. The van der Waals surface area contributed by atoms with Gasteiger partial charge in [0.1, 0.15) is 0 Å². The number of methoxy groups -OCH3 is 1. The first-order valence-corrected chi connectivity index (χ1v) is 5.81. The van der Waals surface area contributed by atoms with Crippen LogP contribution in [0.1, 0.15) is 30.4 Å². The normalized spacial score (nSPS) is 22.8. The Bertz CT molecular complexity index is 407. The van der Waals surface area contributed by atoms with E-state index in [2.05, 4.69) is 24.3 Å². The Morgan fingerprint density at radius 2 is 2.25 bits per heavy atom. The molecule has 2 rings (SSSR count). The zero-order valence-electron chi connectivity index (χ0n) is 9.70. The van der Waals surface area contributed by atoms with E-state index in [0.717, 1.165) is 32.3 Å². The molecule has 16 heavy (non-hydrogen) atoms. The number of nitrogens with zero attached hydrogens (tertiary/aromatic N) is 1. The molecule has 0 radical (unpaired) electrons. The predicted octanol–water partition coefficient (Wildman–Crippen LogP) is 2.82. The van der Waals surface area contributed by atoms with Gasteiger partial charge in [-0.3, -0.25) is 0 Å². The van der Waals surface area contributed by atoms with Crippen LogP contribution in [0.15, 0.2) is 24.3 Å². The van der Waals surface area contributed by atoms with Gasteiger partial charge in [0.2, 0.25) is 0 Å². The monoisotopic (exact) mass is 215 g/mol. The van der Waals surface area contributed by atoms with Crippen LogP contribution in [0.5, 0.6) is 0 Å². The molecule has 84 valence electrons. The van der Waals surface area contributed by atoms with Gasteiger partial charge < -0.3 is 4.74 Å². The molecule has 0 saturated heterocycles. The van der Waals surface area contributed by atoms with E-state index in [1.807, 2.05) is 6.07 Å². The Hall–Kier alpha value is -1.33. The molecule has 1 aromatic rings. The van der Waals surface area contributed by atoms with Gasteiger partial charge >= 0.3 is 0 Å². The van der Waals surface area contributed by atoms with Crippen molar-refractivity contribution in [3.8, 4) is 6.07 Å². The quantitative estimate of drug-likeness (QED) is 0.723. The summed E-state index contributed by atoms with van der Waals surface area (Å²) in [7, 11) is 1.71. The van der Waals surface area contributed by atoms with Crippen molar-refractivity contribution in [2.24, 2.45) is 0 Å². The van der Waals surface area contributed by atoms with Crippen LogP contribution in [0.2, 0.25) is 0 Å². The lowest BCUT2D eigenvalue weighted by atomic mass is 9.79. The number of nitriles is 1. The van der Waals surface area contributed by atoms with E-state index in [4.69, 9.17) is 4.74 Å². The van der Waals surface area contributed by atoms with Crippen LogP contribution in [0.3, 0.4) is 0 Å². The summed E-state index contributed by atoms with van der Waals surface area (Å²) in [6.07, 6.45) is 3.87. The zero-order valence-corrected chi connectivity index (χ0v) is 9.70. The lowest BCUT2D eigenvalue weighted by Gasteiger charge is -2.21. The highest BCUT2D eigenvalue weighted by Crippen LogP contribution is 2.41. The molecule has 1 unspecified atom stereocenters. The van der Waals surface area contributed by atoms with Crippen molar-refractivity contribution in [2.45, 2.75) is 31.1 Å². The Balaban J connectivity index is 2.21. The van der Waals surface area contributed by atoms with Crippen LogP contribution >= 0.6 is 0 Å². The molecule has 0 heterocycles. The molecule has 0 bridgehead atoms.